The third kappa shape index (κ3) is 2.38. The van der Waals surface area contributed by atoms with E-state index >= 15 is 0 Å². The van der Waals surface area contributed by atoms with Gasteiger partial charge in [-0.05, 0) is 43.0 Å². The summed E-state index contributed by atoms with van der Waals surface area (Å²) in [4.78, 5) is 3.62. The summed E-state index contributed by atoms with van der Waals surface area (Å²) in [5.41, 5.74) is 4.16. The summed E-state index contributed by atoms with van der Waals surface area (Å²) in [7, 11) is 0. The Morgan fingerprint density at radius 1 is 1.19 bits per heavy atom. The Labute approximate surface area is 124 Å². The second kappa shape index (κ2) is 5.41. The van der Waals surface area contributed by atoms with E-state index in [4.69, 9.17) is 4.42 Å². The van der Waals surface area contributed by atoms with Gasteiger partial charge in [-0.1, -0.05) is 18.2 Å². The van der Waals surface area contributed by atoms with E-state index < -0.39 is 0 Å². The number of aromatic nitrogens is 1. The molecule has 1 unspecified atom stereocenters. The van der Waals surface area contributed by atoms with Crippen molar-refractivity contribution in [1.29, 1.82) is 0 Å². The second-order valence-corrected chi connectivity index (χ2v) is 5.79. The Balaban J connectivity index is 1.53. The van der Waals surface area contributed by atoms with E-state index in [1.165, 1.54) is 41.4 Å². The zero-order chi connectivity index (χ0) is 14.1. The minimum absolute atomic E-state index is 0.441. The van der Waals surface area contributed by atoms with Gasteiger partial charge in [0.15, 0.2) is 0 Å². The van der Waals surface area contributed by atoms with E-state index in [1.807, 2.05) is 12.1 Å². The molecule has 0 aliphatic heterocycles. The van der Waals surface area contributed by atoms with Gasteiger partial charge >= 0.3 is 0 Å². The van der Waals surface area contributed by atoms with Gasteiger partial charge in [0.05, 0.1) is 6.26 Å². The molecule has 2 aromatic heterocycles. The van der Waals surface area contributed by atoms with Crippen molar-refractivity contribution < 1.29 is 4.42 Å². The fraction of sp³-hybridized carbons (Fsp3) is 0.333. The quantitative estimate of drug-likeness (QED) is 0.759. The van der Waals surface area contributed by atoms with Gasteiger partial charge < -0.3 is 14.7 Å². The number of fused-ring (bicyclic) bond motifs is 3. The Hall–Kier alpha value is -2.00. The molecule has 3 heteroatoms. The maximum absolute atomic E-state index is 5.39. The summed E-state index contributed by atoms with van der Waals surface area (Å²) in [6, 6.07) is 13.1. The van der Waals surface area contributed by atoms with E-state index in [-0.39, 0.29) is 0 Å². The van der Waals surface area contributed by atoms with Crippen LogP contribution in [0.3, 0.4) is 0 Å². The Bertz CT molecular complexity index is 727. The molecule has 0 radical (unpaired) electrons. The number of nitrogens with one attached hydrogen (secondary N) is 2. The van der Waals surface area contributed by atoms with Crippen molar-refractivity contribution in [3.8, 4) is 0 Å². The summed E-state index contributed by atoms with van der Waals surface area (Å²) in [6.45, 7) is 0.951. The number of benzene rings is 1. The maximum Gasteiger partial charge on any atom is 0.105 e. The van der Waals surface area contributed by atoms with Gasteiger partial charge in [0, 0.05) is 35.6 Å². The average molecular weight is 280 g/mol. The number of para-hydroxylation sites is 1. The second-order valence-electron chi connectivity index (χ2n) is 5.79. The Morgan fingerprint density at radius 2 is 2.14 bits per heavy atom. The molecule has 1 aliphatic rings. The van der Waals surface area contributed by atoms with Crippen molar-refractivity contribution in [3.05, 3.63) is 59.7 Å². The van der Waals surface area contributed by atoms with Gasteiger partial charge in [-0.15, -0.1) is 0 Å². The minimum Gasteiger partial charge on any atom is -0.469 e. The normalized spacial score (nSPS) is 18.0. The van der Waals surface area contributed by atoms with Crippen LogP contribution in [0, 0.1) is 0 Å². The molecule has 2 heterocycles. The fourth-order valence-corrected chi connectivity index (χ4v) is 3.44. The molecule has 2 N–H and O–H groups in total. The summed E-state index contributed by atoms with van der Waals surface area (Å²) in [5.74, 6) is 1.05. The van der Waals surface area contributed by atoms with Crippen molar-refractivity contribution in [2.24, 2.45) is 0 Å². The highest BCUT2D eigenvalue weighted by molar-refractivity contribution is 5.85. The molecule has 0 spiro atoms. The SMILES string of the molecule is c1coc(CCNC2CCCc3c2[nH]c2ccccc32)c1. The van der Waals surface area contributed by atoms with Crippen molar-refractivity contribution in [2.45, 2.75) is 31.7 Å². The van der Waals surface area contributed by atoms with Crippen molar-refractivity contribution in [3.63, 3.8) is 0 Å². The molecular weight excluding hydrogens is 260 g/mol. The van der Waals surface area contributed by atoms with Gasteiger partial charge in [-0.3, -0.25) is 0 Å². The molecule has 0 fully saturated rings. The highest BCUT2D eigenvalue weighted by atomic mass is 16.3. The summed E-state index contributed by atoms with van der Waals surface area (Å²) in [5, 5.41) is 5.08. The summed E-state index contributed by atoms with van der Waals surface area (Å²) < 4.78 is 5.39. The van der Waals surface area contributed by atoms with Gasteiger partial charge in [-0.25, -0.2) is 0 Å². The van der Waals surface area contributed by atoms with Crippen LogP contribution in [-0.2, 0) is 12.8 Å². The monoisotopic (exact) mass is 280 g/mol. The molecule has 108 valence electrons. The topological polar surface area (TPSA) is 41.0 Å². The molecule has 0 saturated heterocycles. The van der Waals surface area contributed by atoms with Gasteiger partial charge in [0.2, 0.25) is 0 Å². The van der Waals surface area contributed by atoms with Gasteiger partial charge in [0.25, 0.3) is 0 Å². The zero-order valence-corrected chi connectivity index (χ0v) is 12.1. The van der Waals surface area contributed by atoms with E-state index in [2.05, 4.69) is 34.6 Å². The van der Waals surface area contributed by atoms with Crippen LogP contribution in [0.25, 0.3) is 10.9 Å². The average Bonchev–Trinajstić information content (AvgIpc) is 3.15. The first-order chi connectivity index (χ1) is 10.4. The number of hydrogen-bond acceptors (Lipinski definition) is 2. The van der Waals surface area contributed by atoms with Crippen LogP contribution < -0.4 is 5.32 Å². The molecule has 1 aliphatic carbocycles. The largest absolute Gasteiger partial charge is 0.469 e. The zero-order valence-electron chi connectivity index (χ0n) is 12.1. The Kier molecular flexibility index (Phi) is 3.28. The van der Waals surface area contributed by atoms with E-state index in [1.54, 1.807) is 6.26 Å². The van der Waals surface area contributed by atoms with Crippen LogP contribution in [0.2, 0.25) is 0 Å². The molecule has 3 nitrogen and oxygen atoms in total. The number of furan rings is 1. The summed E-state index contributed by atoms with van der Waals surface area (Å²) in [6.07, 6.45) is 6.34. The third-order valence-corrected chi connectivity index (χ3v) is 4.46. The van der Waals surface area contributed by atoms with Crippen molar-refractivity contribution in [2.75, 3.05) is 6.54 Å². The van der Waals surface area contributed by atoms with Crippen LogP contribution in [0.4, 0.5) is 0 Å². The fourth-order valence-electron chi connectivity index (χ4n) is 3.44. The highest BCUT2D eigenvalue weighted by Crippen LogP contribution is 2.34. The lowest BCUT2D eigenvalue weighted by Crippen LogP contribution is -2.27. The lowest BCUT2D eigenvalue weighted by molar-refractivity contribution is 0.438. The number of aromatic amines is 1. The standard InChI is InChI=1S/C18H20N2O/c1-2-8-16-14(6-1)15-7-3-9-17(18(15)20-16)19-11-10-13-5-4-12-21-13/h1-2,4-6,8,12,17,19-20H,3,7,9-11H2. The number of aryl methyl sites for hydroxylation is 1. The van der Waals surface area contributed by atoms with Crippen LogP contribution in [0.15, 0.2) is 47.1 Å². The molecule has 0 amide bonds. The number of H-pyrrole nitrogens is 1. The molecule has 0 bridgehead atoms. The minimum atomic E-state index is 0.441. The number of hydrogen-bond donors (Lipinski definition) is 2. The molecule has 4 rings (SSSR count). The van der Waals surface area contributed by atoms with Crippen LogP contribution >= 0.6 is 0 Å². The molecule has 3 aromatic rings. The maximum atomic E-state index is 5.39. The number of rotatable bonds is 4. The molecule has 1 aromatic carbocycles. The molecule has 0 saturated carbocycles. The lowest BCUT2D eigenvalue weighted by atomic mass is 9.91. The Morgan fingerprint density at radius 3 is 3.05 bits per heavy atom. The molecule has 21 heavy (non-hydrogen) atoms. The first-order valence-electron chi connectivity index (χ1n) is 7.77. The van der Waals surface area contributed by atoms with Crippen LogP contribution in [-0.4, -0.2) is 11.5 Å². The lowest BCUT2D eigenvalue weighted by Gasteiger charge is -2.23. The predicted octanol–water partition coefficient (Wildman–Crippen LogP) is 3.97. The van der Waals surface area contributed by atoms with Crippen LogP contribution in [0.1, 0.15) is 35.9 Å². The highest BCUT2D eigenvalue weighted by Gasteiger charge is 2.23. The predicted molar refractivity (Wildman–Crippen MR) is 84.4 cm³/mol. The smallest absolute Gasteiger partial charge is 0.105 e. The first-order valence-corrected chi connectivity index (χ1v) is 7.77. The summed E-state index contributed by atoms with van der Waals surface area (Å²) >= 11 is 0. The first kappa shape index (κ1) is 12.7. The molecule has 1 atom stereocenters. The van der Waals surface area contributed by atoms with Gasteiger partial charge in [0.1, 0.15) is 5.76 Å². The van der Waals surface area contributed by atoms with Crippen molar-refractivity contribution in [1.82, 2.24) is 10.3 Å². The van der Waals surface area contributed by atoms with Crippen LogP contribution in [0.5, 0.6) is 0 Å². The van der Waals surface area contributed by atoms with Crippen molar-refractivity contribution >= 4 is 10.9 Å². The van der Waals surface area contributed by atoms with E-state index in [0.717, 1.165) is 18.7 Å². The molecular formula is C18H20N2O. The third-order valence-electron chi connectivity index (χ3n) is 4.46. The van der Waals surface area contributed by atoms with Gasteiger partial charge in [-0.2, -0.15) is 0 Å². The van der Waals surface area contributed by atoms with E-state index in [0.29, 0.717) is 6.04 Å². The van der Waals surface area contributed by atoms with E-state index in [9.17, 15) is 0 Å².